The Morgan fingerprint density at radius 3 is 2.86 bits per heavy atom. The maximum absolute atomic E-state index is 13.2. The summed E-state index contributed by atoms with van der Waals surface area (Å²) in [6.45, 7) is 4.45. The number of aromatic nitrogens is 5. The lowest BCUT2D eigenvalue weighted by Gasteiger charge is -2.37. The molecule has 37 heavy (non-hydrogen) atoms. The molecular weight excluding hydrogens is 493 g/mol. The SMILES string of the molecule is CC(COCc1nc(C2CCN(c3ccc(C#N)cn3)C(C)C2)no1)Nc1cn[nH]c(=O)c1C(F)(F)F. The molecule has 0 spiro atoms. The molecular formula is C23H25F3N8O3. The standard InChI is InChI=1S/C23H25F3N8O3/c1-13(30-17-10-29-32-22(35)20(17)23(24,25)26)11-36-12-19-31-21(33-37-19)16-5-6-34(14(2)7-16)18-4-3-15(8-27)9-28-18/h3-4,9-10,13-14,16H,5-7,11-12H2,1-2H3,(H2,30,32,35). The van der Waals surface area contributed by atoms with Crippen LogP contribution in [0.3, 0.4) is 0 Å². The number of hydrogen-bond donors (Lipinski definition) is 2. The molecule has 4 rings (SSSR count). The van der Waals surface area contributed by atoms with Gasteiger partial charge in [0, 0.05) is 30.7 Å². The number of nitrogens with one attached hydrogen (secondary N) is 2. The van der Waals surface area contributed by atoms with E-state index >= 15 is 0 Å². The van der Waals surface area contributed by atoms with Gasteiger partial charge in [-0.3, -0.25) is 4.79 Å². The molecule has 4 heterocycles. The molecule has 14 heteroatoms. The molecule has 0 radical (unpaired) electrons. The molecule has 0 aromatic carbocycles. The van der Waals surface area contributed by atoms with Gasteiger partial charge in [0.15, 0.2) is 5.82 Å². The zero-order valence-corrected chi connectivity index (χ0v) is 20.1. The normalized spacial score (nSPS) is 18.9. The van der Waals surface area contributed by atoms with Gasteiger partial charge in [0.1, 0.15) is 24.1 Å². The third-order valence-corrected chi connectivity index (χ3v) is 6.03. The van der Waals surface area contributed by atoms with Crippen molar-refractivity contribution < 1.29 is 22.4 Å². The van der Waals surface area contributed by atoms with Crippen LogP contribution in [0.25, 0.3) is 0 Å². The summed E-state index contributed by atoms with van der Waals surface area (Å²) in [7, 11) is 0. The van der Waals surface area contributed by atoms with Crippen molar-refractivity contribution in [3.63, 3.8) is 0 Å². The highest BCUT2D eigenvalue weighted by atomic mass is 19.4. The first kappa shape index (κ1) is 26.1. The van der Waals surface area contributed by atoms with Crippen LogP contribution in [0.15, 0.2) is 33.8 Å². The van der Waals surface area contributed by atoms with Crippen molar-refractivity contribution in [1.29, 1.82) is 5.26 Å². The lowest BCUT2D eigenvalue weighted by Crippen LogP contribution is -2.40. The number of nitriles is 1. The Hall–Kier alpha value is -3.99. The summed E-state index contributed by atoms with van der Waals surface area (Å²) in [5, 5.41) is 20.9. The smallest absolute Gasteiger partial charge is 0.378 e. The summed E-state index contributed by atoms with van der Waals surface area (Å²) in [5.41, 5.74) is -2.58. The van der Waals surface area contributed by atoms with Gasteiger partial charge < -0.3 is 19.5 Å². The monoisotopic (exact) mass is 518 g/mol. The van der Waals surface area contributed by atoms with Crippen molar-refractivity contribution in [3.8, 4) is 6.07 Å². The molecule has 1 fully saturated rings. The predicted octanol–water partition coefficient (Wildman–Crippen LogP) is 3.23. The number of ether oxygens (including phenoxy) is 1. The molecule has 1 aliphatic rings. The Morgan fingerprint density at radius 1 is 1.38 bits per heavy atom. The first-order valence-corrected chi connectivity index (χ1v) is 11.6. The Morgan fingerprint density at radius 2 is 2.19 bits per heavy atom. The second kappa shape index (κ2) is 11.0. The van der Waals surface area contributed by atoms with Crippen molar-refractivity contribution in [2.24, 2.45) is 0 Å². The topological polar surface area (TPSA) is 146 Å². The summed E-state index contributed by atoms with van der Waals surface area (Å²) in [6.07, 6.45) is -0.783. The van der Waals surface area contributed by atoms with Crippen molar-refractivity contribution in [3.05, 3.63) is 57.7 Å². The lowest BCUT2D eigenvalue weighted by atomic mass is 9.91. The van der Waals surface area contributed by atoms with Gasteiger partial charge in [-0.05, 0) is 38.8 Å². The average molecular weight is 519 g/mol. The summed E-state index contributed by atoms with van der Waals surface area (Å²) < 4.78 is 50.4. The largest absolute Gasteiger partial charge is 0.423 e. The molecule has 0 bridgehead atoms. The van der Waals surface area contributed by atoms with Gasteiger partial charge in [0.05, 0.1) is 24.1 Å². The minimum Gasteiger partial charge on any atom is -0.378 e. The van der Waals surface area contributed by atoms with Gasteiger partial charge in [-0.2, -0.15) is 28.5 Å². The van der Waals surface area contributed by atoms with Gasteiger partial charge in [0.25, 0.3) is 11.4 Å². The third-order valence-electron chi connectivity index (χ3n) is 6.03. The second-order valence-electron chi connectivity index (χ2n) is 8.87. The maximum atomic E-state index is 13.2. The average Bonchev–Trinajstić information content (AvgIpc) is 3.32. The molecule has 1 aliphatic heterocycles. The number of alkyl halides is 3. The van der Waals surface area contributed by atoms with Crippen LogP contribution in [0.4, 0.5) is 24.7 Å². The van der Waals surface area contributed by atoms with Gasteiger partial charge >= 0.3 is 6.18 Å². The van der Waals surface area contributed by atoms with Crippen molar-refractivity contribution in [2.75, 3.05) is 23.4 Å². The maximum Gasteiger partial charge on any atom is 0.423 e. The molecule has 0 amide bonds. The van der Waals surface area contributed by atoms with E-state index in [1.807, 2.05) is 6.07 Å². The number of piperidine rings is 1. The zero-order chi connectivity index (χ0) is 26.6. The summed E-state index contributed by atoms with van der Waals surface area (Å²) in [6, 6.07) is 5.26. The number of aromatic amines is 1. The van der Waals surface area contributed by atoms with E-state index in [0.717, 1.165) is 31.4 Å². The van der Waals surface area contributed by atoms with E-state index in [0.29, 0.717) is 11.4 Å². The molecule has 3 atom stereocenters. The zero-order valence-electron chi connectivity index (χ0n) is 20.1. The number of pyridine rings is 1. The van der Waals surface area contributed by atoms with Crippen molar-refractivity contribution >= 4 is 11.5 Å². The molecule has 196 valence electrons. The van der Waals surface area contributed by atoms with Crippen LogP contribution < -0.4 is 15.8 Å². The van der Waals surface area contributed by atoms with E-state index in [1.54, 1.807) is 24.3 Å². The van der Waals surface area contributed by atoms with Crippen LogP contribution in [0.2, 0.25) is 0 Å². The molecule has 0 saturated carbocycles. The quantitative estimate of drug-likeness (QED) is 0.456. The molecule has 1 saturated heterocycles. The highest BCUT2D eigenvalue weighted by Crippen LogP contribution is 2.33. The Kier molecular flexibility index (Phi) is 7.72. The number of halogens is 3. The van der Waals surface area contributed by atoms with Crippen molar-refractivity contribution in [2.45, 2.75) is 57.5 Å². The van der Waals surface area contributed by atoms with E-state index < -0.39 is 29.0 Å². The Bertz CT molecular complexity index is 1300. The highest BCUT2D eigenvalue weighted by Gasteiger charge is 2.37. The van der Waals surface area contributed by atoms with Gasteiger partial charge in [-0.15, -0.1) is 0 Å². The number of H-pyrrole nitrogens is 1. The van der Waals surface area contributed by atoms with E-state index in [4.69, 9.17) is 14.5 Å². The molecule has 3 aromatic rings. The molecule has 3 unspecified atom stereocenters. The van der Waals surface area contributed by atoms with E-state index in [-0.39, 0.29) is 31.1 Å². The molecule has 11 nitrogen and oxygen atoms in total. The predicted molar refractivity (Wildman–Crippen MR) is 125 cm³/mol. The number of nitrogens with zero attached hydrogens (tertiary/aromatic N) is 6. The van der Waals surface area contributed by atoms with Crippen LogP contribution in [-0.2, 0) is 17.5 Å². The van der Waals surface area contributed by atoms with E-state index in [1.165, 1.54) is 0 Å². The molecule has 0 aliphatic carbocycles. The van der Waals surface area contributed by atoms with Gasteiger partial charge in [0.2, 0.25) is 0 Å². The lowest BCUT2D eigenvalue weighted by molar-refractivity contribution is -0.138. The summed E-state index contributed by atoms with van der Waals surface area (Å²) in [4.78, 5) is 22.6. The van der Waals surface area contributed by atoms with Crippen LogP contribution in [0.1, 0.15) is 55.4 Å². The fourth-order valence-corrected chi connectivity index (χ4v) is 4.28. The van der Waals surface area contributed by atoms with Crippen molar-refractivity contribution in [1.82, 2.24) is 25.3 Å². The van der Waals surface area contributed by atoms with E-state index in [9.17, 15) is 18.0 Å². The van der Waals surface area contributed by atoms with E-state index in [2.05, 4.69) is 43.4 Å². The van der Waals surface area contributed by atoms with Crippen LogP contribution in [0, 0.1) is 11.3 Å². The highest BCUT2D eigenvalue weighted by molar-refractivity contribution is 5.50. The first-order chi connectivity index (χ1) is 17.7. The molecule has 2 N–H and O–H groups in total. The summed E-state index contributed by atoms with van der Waals surface area (Å²) >= 11 is 0. The minimum atomic E-state index is -4.83. The van der Waals surface area contributed by atoms with Gasteiger partial charge in [-0.25, -0.2) is 10.1 Å². The fraction of sp³-hybridized carbons (Fsp3) is 0.478. The second-order valence-corrected chi connectivity index (χ2v) is 8.87. The van der Waals surface area contributed by atoms with Gasteiger partial charge in [-0.1, -0.05) is 5.16 Å². The first-order valence-electron chi connectivity index (χ1n) is 11.6. The van der Waals surface area contributed by atoms with Crippen LogP contribution in [-0.4, -0.2) is 50.6 Å². The third kappa shape index (κ3) is 6.23. The number of hydrogen-bond acceptors (Lipinski definition) is 10. The Labute approximate surface area is 209 Å². The number of rotatable bonds is 8. The fourth-order valence-electron chi connectivity index (χ4n) is 4.28. The summed E-state index contributed by atoms with van der Waals surface area (Å²) in [5.74, 6) is 1.74. The molecule has 3 aromatic heterocycles. The van der Waals surface area contributed by atoms with Crippen LogP contribution in [0.5, 0.6) is 0 Å². The van der Waals surface area contributed by atoms with Crippen LogP contribution >= 0.6 is 0 Å². The minimum absolute atomic E-state index is 0.0116. The Balaban J connectivity index is 1.28. The number of anilines is 2.